The highest BCUT2D eigenvalue weighted by atomic mass is 16.5. The lowest BCUT2D eigenvalue weighted by molar-refractivity contribution is -0.129. The van der Waals surface area contributed by atoms with E-state index in [9.17, 15) is 9.59 Å². The van der Waals surface area contributed by atoms with Crippen LogP contribution in [0.1, 0.15) is 29.8 Å². The molecular weight excluding hydrogens is 282 g/mol. The van der Waals surface area contributed by atoms with Gasteiger partial charge in [-0.05, 0) is 37.6 Å². The van der Waals surface area contributed by atoms with E-state index in [1.165, 1.54) is 0 Å². The lowest BCUT2D eigenvalue weighted by atomic mass is 9.98. The maximum absolute atomic E-state index is 12.2. The number of hydrogen-bond acceptors (Lipinski definition) is 4. The number of Topliss-reactive ketones (excluding diaryl/α,β-unsaturated/α-hetero) is 1. The van der Waals surface area contributed by atoms with Crippen LogP contribution in [0.15, 0.2) is 24.3 Å². The summed E-state index contributed by atoms with van der Waals surface area (Å²) in [5.74, 6) is 0.538. The molecule has 0 aromatic heterocycles. The SMILES string of the molecule is CC1(C)Oc2ccc(C=CC(=O)N3CCOCC3)cc2C1=O. The van der Waals surface area contributed by atoms with Crippen LogP contribution in [0.5, 0.6) is 5.75 Å². The van der Waals surface area contributed by atoms with Crippen LogP contribution >= 0.6 is 0 Å². The van der Waals surface area contributed by atoms with Gasteiger partial charge < -0.3 is 14.4 Å². The molecule has 116 valence electrons. The molecule has 3 rings (SSSR count). The van der Waals surface area contributed by atoms with Crippen molar-refractivity contribution in [3.8, 4) is 5.75 Å². The second-order valence-electron chi connectivity index (χ2n) is 5.97. The Morgan fingerprint density at radius 3 is 2.73 bits per heavy atom. The Kier molecular flexibility index (Phi) is 3.74. The smallest absolute Gasteiger partial charge is 0.246 e. The summed E-state index contributed by atoms with van der Waals surface area (Å²) in [5.41, 5.74) is 0.579. The monoisotopic (exact) mass is 301 g/mol. The minimum atomic E-state index is -0.811. The molecule has 0 unspecified atom stereocenters. The van der Waals surface area contributed by atoms with Crippen LogP contribution in [0.2, 0.25) is 0 Å². The van der Waals surface area contributed by atoms with Crippen molar-refractivity contribution in [1.29, 1.82) is 0 Å². The molecule has 1 saturated heterocycles. The molecule has 1 fully saturated rings. The second kappa shape index (κ2) is 5.57. The highest BCUT2D eigenvalue weighted by Crippen LogP contribution is 2.35. The summed E-state index contributed by atoms with van der Waals surface area (Å²) in [6, 6.07) is 5.40. The molecule has 0 radical (unpaired) electrons. The zero-order chi connectivity index (χ0) is 15.7. The molecule has 1 aromatic rings. The van der Waals surface area contributed by atoms with Crippen molar-refractivity contribution in [2.24, 2.45) is 0 Å². The highest BCUT2D eigenvalue weighted by Gasteiger charge is 2.39. The molecule has 1 amide bonds. The Morgan fingerprint density at radius 1 is 1.27 bits per heavy atom. The molecule has 1 aromatic carbocycles. The Bertz CT molecular complexity index is 642. The maximum Gasteiger partial charge on any atom is 0.246 e. The van der Waals surface area contributed by atoms with Gasteiger partial charge in [-0.1, -0.05) is 6.07 Å². The predicted octanol–water partition coefficient (Wildman–Crippen LogP) is 1.91. The van der Waals surface area contributed by atoms with Gasteiger partial charge in [-0.3, -0.25) is 9.59 Å². The lowest BCUT2D eigenvalue weighted by Crippen LogP contribution is -2.39. The Labute approximate surface area is 129 Å². The Morgan fingerprint density at radius 2 is 2.00 bits per heavy atom. The minimum Gasteiger partial charge on any atom is -0.479 e. The summed E-state index contributed by atoms with van der Waals surface area (Å²) in [6.07, 6.45) is 3.27. The number of rotatable bonds is 2. The number of carbonyl (C=O) groups excluding carboxylic acids is 2. The van der Waals surface area contributed by atoms with E-state index in [4.69, 9.17) is 9.47 Å². The van der Waals surface area contributed by atoms with Gasteiger partial charge in [-0.2, -0.15) is 0 Å². The Balaban J connectivity index is 1.74. The zero-order valence-electron chi connectivity index (χ0n) is 12.8. The predicted molar refractivity (Wildman–Crippen MR) is 81.9 cm³/mol. The van der Waals surface area contributed by atoms with E-state index in [2.05, 4.69) is 0 Å². The number of carbonyl (C=O) groups is 2. The molecule has 2 aliphatic heterocycles. The third-order valence-corrected chi connectivity index (χ3v) is 3.90. The van der Waals surface area contributed by atoms with Crippen LogP contribution in [-0.2, 0) is 9.53 Å². The number of ketones is 1. The lowest BCUT2D eigenvalue weighted by Gasteiger charge is -2.25. The molecule has 0 spiro atoms. The number of benzene rings is 1. The average molecular weight is 301 g/mol. The van der Waals surface area contributed by atoms with Crippen LogP contribution < -0.4 is 4.74 Å². The molecule has 0 aliphatic carbocycles. The molecule has 0 N–H and O–H groups in total. The summed E-state index contributed by atoms with van der Waals surface area (Å²) in [5, 5.41) is 0. The summed E-state index contributed by atoms with van der Waals surface area (Å²) in [6.45, 7) is 5.92. The van der Waals surface area contributed by atoms with E-state index in [-0.39, 0.29) is 11.7 Å². The standard InChI is InChI=1S/C17H19NO4/c1-17(2)16(20)13-11-12(3-5-14(13)22-17)4-6-15(19)18-7-9-21-10-8-18/h3-6,11H,7-10H2,1-2H3. The van der Waals surface area contributed by atoms with Gasteiger partial charge in [0.25, 0.3) is 0 Å². The number of ether oxygens (including phenoxy) is 2. The van der Waals surface area contributed by atoms with Crippen molar-refractivity contribution in [2.45, 2.75) is 19.4 Å². The van der Waals surface area contributed by atoms with E-state index in [1.54, 1.807) is 43.0 Å². The first-order valence-corrected chi connectivity index (χ1v) is 7.40. The van der Waals surface area contributed by atoms with E-state index >= 15 is 0 Å². The van der Waals surface area contributed by atoms with E-state index in [0.717, 1.165) is 5.56 Å². The van der Waals surface area contributed by atoms with Crippen molar-refractivity contribution in [1.82, 2.24) is 4.90 Å². The number of nitrogens with zero attached hydrogens (tertiary/aromatic N) is 1. The van der Waals surface area contributed by atoms with Crippen molar-refractivity contribution in [3.05, 3.63) is 35.4 Å². The number of hydrogen-bond donors (Lipinski definition) is 0. The third-order valence-electron chi connectivity index (χ3n) is 3.90. The number of amides is 1. The highest BCUT2D eigenvalue weighted by molar-refractivity contribution is 6.07. The largest absolute Gasteiger partial charge is 0.479 e. The first kappa shape index (κ1) is 14.8. The molecule has 2 heterocycles. The van der Waals surface area contributed by atoms with Crippen molar-refractivity contribution in [3.63, 3.8) is 0 Å². The first-order chi connectivity index (χ1) is 10.5. The van der Waals surface area contributed by atoms with Gasteiger partial charge in [-0.25, -0.2) is 0 Å². The zero-order valence-corrected chi connectivity index (χ0v) is 12.8. The van der Waals surface area contributed by atoms with Crippen LogP contribution in [0, 0.1) is 0 Å². The van der Waals surface area contributed by atoms with Crippen LogP contribution in [0.4, 0.5) is 0 Å². The molecule has 0 saturated carbocycles. The quantitative estimate of drug-likeness (QED) is 0.783. The minimum absolute atomic E-state index is 0.0303. The number of fused-ring (bicyclic) bond motifs is 1. The third kappa shape index (κ3) is 2.76. The molecule has 5 nitrogen and oxygen atoms in total. The Hall–Kier alpha value is -2.14. The fourth-order valence-corrected chi connectivity index (χ4v) is 2.62. The van der Waals surface area contributed by atoms with Gasteiger partial charge in [0, 0.05) is 19.2 Å². The second-order valence-corrected chi connectivity index (χ2v) is 5.97. The average Bonchev–Trinajstić information content (AvgIpc) is 2.75. The maximum atomic E-state index is 12.2. The van der Waals surface area contributed by atoms with E-state index in [0.29, 0.717) is 37.6 Å². The molecule has 2 aliphatic rings. The summed E-state index contributed by atoms with van der Waals surface area (Å²) < 4.78 is 10.8. The van der Waals surface area contributed by atoms with Crippen molar-refractivity contribution in [2.75, 3.05) is 26.3 Å². The van der Waals surface area contributed by atoms with E-state index < -0.39 is 5.60 Å². The first-order valence-electron chi connectivity index (χ1n) is 7.40. The summed E-state index contributed by atoms with van der Waals surface area (Å²) in [7, 11) is 0. The topological polar surface area (TPSA) is 55.8 Å². The molecule has 0 atom stereocenters. The van der Waals surface area contributed by atoms with Crippen molar-refractivity contribution < 1.29 is 19.1 Å². The van der Waals surface area contributed by atoms with Crippen LogP contribution in [0.25, 0.3) is 6.08 Å². The van der Waals surface area contributed by atoms with Gasteiger partial charge >= 0.3 is 0 Å². The number of morpholine rings is 1. The molecule has 0 bridgehead atoms. The molecular formula is C17H19NO4. The van der Waals surface area contributed by atoms with E-state index in [1.807, 2.05) is 6.07 Å². The molecule has 22 heavy (non-hydrogen) atoms. The summed E-state index contributed by atoms with van der Waals surface area (Å²) >= 11 is 0. The van der Waals surface area contributed by atoms with Gasteiger partial charge in [0.2, 0.25) is 11.7 Å². The summed E-state index contributed by atoms with van der Waals surface area (Å²) in [4.78, 5) is 26.0. The molecule has 5 heteroatoms. The fourth-order valence-electron chi connectivity index (χ4n) is 2.62. The van der Waals surface area contributed by atoms with Gasteiger partial charge in [0.1, 0.15) is 5.75 Å². The van der Waals surface area contributed by atoms with Crippen molar-refractivity contribution >= 4 is 17.8 Å². The van der Waals surface area contributed by atoms with Crippen LogP contribution in [-0.4, -0.2) is 48.5 Å². The van der Waals surface area contributed by atoms with Gasteiger partial charge in [-0.15, -0.1) is 0 Å². The van der Waals surface area contributed by atoms with Crippen LogP contribution in [0.3, 0.4) is 0 Å². The fraction of sp³-hybridized carbons (Fsp3) is 0.412. The normalized spacial score (nSPS) is 20.1. The van der Waals surface area contributed by atoms with Gasteiger partial charge in [0.05, 0.1) is 18.8 Å². The van der Waals surface area contributed by atoms with Gasteiger partial charge in [0.15, 0.2) is 5.60 Å².